The third kappa shape index (κ3) is 3.91. The van der Waals surface area contributed by atoms with Gasteiger partial charge in [0.05, 0.1) is 18.7 Å². The highest BCUT2D eigenvalue weighted by Gasteiger charge is 2.33. The normalized spacial score (nSPS) is 14.5. The molecule has 0 saturated carbocycles. The van der Waals surface area contributed by atoms with Gasteiger partial charge in [-0.15, -0.1) is 5.10 Å². The summed E-state index contributed by atoms with van der Waals surface area (Å²) in [7, 11) is 1.65. The molecule has 3 heterocycles. The lowest BCUT2D eigenvalue weighted by Gasteiger charge is -2.37. The molecule has 1 atom stereocenters. The summed E-state index contributed by atoms with van der Waals surface area (Å²) in [5.41, 5.74) is 5.98. The molecule has 0 bridgehead atoms. The van der Waals surface area contributed by atoms with Crippen molar-refractivity contribution in [1.29, 1.82) is 0 Å². The van der Waals surface area contributed by atoms with Crippen LogP contribution in [0.2, 0.25) is 0 Å². The van der Waals surface area contributed by atoms with Crippen molar-refractivity contribution in [3.63, 3.8) is 0 Å². The molecule has 0 spiro atoms. The number of fused-ring (bicyclic) bond motifs is 2. The first-order chi connectivity index (χ1) is 16.1. The SMILES string of the molecule is COCCn1nnnc1[C@H](c1cc2cc(C)cc(C)c2[nH]c1=O)N1CCCc2ccccc21. The van der Waals surface area contributed by atoms with Crippen molar-refractivity contribution in [3.8, 4) is 0 Å². The van der Waals surface area contributed by atoms with Gasteiger partial charge in [0.25, 0.3) is 5.56 Å². The van der Waals surface area contributed by atoms with E-state index < -0.39 is 6.04 Å². The van der Waals surface area contributed by atoms with Gasteiger partial charge in [0.2, 0.25) is 0 Å². The second-order valence-corrected chi connectivity index (χ2v) is 8.68. The summed E-state index contributed by atoms with van der Waals surface area (Å²) < 4.78 is 7.01. The number of H-pyrrole nitrogens is 1. The fourth-order valence-corrected chi connectivity index (χ4v) is 4.93. The predicted octanol–water partition coefficient (Wildman–Crippen LogP) is 3.32. The average Bonchev–Trinajstić information content (AvgIpc) is 3.27. The molecule has 4 aromatic rings. The van der Waals surface area contributed by atoms with Crippen molar-refractivity contribution >= 4 is 16.6 Å². The minimum absolute atomic E-state index is 0.121. The maximum Gasteiger partial charge on any atom is 0.254 e. The predicted molar refractivity (Wildman–Crippen MR) is 128 cm³/mol. The summed E-state index contributed by atoms with van der Waals surface area (Å²) in [6, 6.07) is 14.2. The molecule has 0 amide bonds. The van der Waals surface area contributed by atoms with E-state index in [1.807, 2.05) is 19.1 Å². The van der Waals surface area contributed by atoms with E-state index in [0.29, 0.717) is 24.5 Å². The van der Waals surface area contributed by atoms with Gasteiger partial charge >= 0.3 is 0 Å². The molecular weight excluding hydrogens is 416 g/mol. The molecule has 5 rings (SSSR count). The van der Waals surface area contributed by atoms with E-state index in [4.69, 9.17) is 4.74 Å². The Hall–Kier alpha value is -3.52. The first-order valence-electron chi connectivity index (χ1n) is 11.3. The van der Waals surface area contributed by atoms with Crippen LogP contribution in [0.3, 0.4) is 0 Å². The first kappa shape index (κ1) is 21.3. The third-order valence-electron chi connectivity index (χ3n) is 6.39. The number of methoxy groups -OCH3 is 1. The highest BCUT2D eigenvalue weighted by molar-refractivity contribution is 5.83. The molecular formula is C25H28N6O2. The number of aromatic amines is 1. The topological polar surface area (TPSA) is 88.9 Å². The summed E-state index contributed by atoms with van der Waals surface area (Å²) in [6.07, 6.45) is 2.01. The van der Waals surface area contributed by atoms with Gasteiger partial charge in [-0.05, 0) is 71.8 Å². The molecule has 0 fully saturated rings. The van der Waals surface area contributed by atoms with Crippen LogP contribution in [0.4, 0.5) is 5.69 Å². The van der Waals surface area contributed by atoms with E-state index >= 15 is 0 Å². The van der Waals surface area contributed by atoms with Crippen molar-refractivity contribution in [2.24, 2.45) is 0 Å². The monoisotopic (exact) mass is 444 g/mol. The Morgan fingerprint density at radius 1 is 1.18 bits per heavy atom. The summed E-state index contributed by atoms with van der Waals surface area (Å²) in [6.45, 7) is 5.89. The van der Waals surface area contributed by atoms with Gasteiger partial charge < -0.3 is 14.6 Å². The molecule has 0 aliphatic carbocycles. The summed E-state index contributed by atoms with van der Waals surface area (Å²) in [5.74, 6) is 0.637. The Morgan fingerprint density at radius 2 is 2.03 bits per heavy atom. The Morgan fingerprint density at radius 3 is 2.88 bits per heavy atom. The fourth-order valence-electron chi connectivity index (χ4n) is 4.93. The number of nitrogens with one attached hydrogen (secondary N) is 1. The van der Waals surface area contributed by atoms with E-state index in [1.165, 1.54) is 5.56 Å². The van der Waals surface area contributed by atoms with Crippen LogP contribution in [-0.2, 0) is 17.7 Å². The maximum atomic E-state index is 13.5. The number of tetrazole rings is 1. The number of benzene rings is 2. The molecule has 2 aromatic carbocycles. The molecule has 33 heavy (non-hydrogen) atoms. The van der Waals surface area contributed by atoms with Crippen LogP contribution < -0.4 is 10.5 Å². The van der Waals surface area contributed by atoms with Gasteiger partial charge in [-0.2, -0.15) is 0 Å². The third-order valence-corrected chi connectivity index (χ3v) is 6.39. The number of aromatic nitrogens is 5. The molecule has 1 N–H and O–H groups in total. The Bertz CT molecular complexity index is 1360. The van der Waals surface area contributed by atoms with Gasteiger partial charge in [-0.1, -0.05) is 29.8 Å². The van der Waals surface area contributed by atoms with Crippen LogP contribution in [0.1, 0.15) is 40.5 Å². The Balaban J connectivity index is 1.73. The first-order valence-corrected chi connectivity index (χ1v) is 11.3. The molecule has 1 aliphatic heterocycles. The number of hydrogen-bond acceptors (Lipinski definition) is 6. The van der Waals surface area contributed by atoms with E-state index in [1.54, 1.807) is 11.8 Å². The average molecular weight is 445 g/mol. The zero-order valence-corrected chi connectivity index (χ0v) is 19.2. The number of rotatable bonds is 6. The number of hydrogen-bond donors (Lipinski definition) is 1. The lowest BCUT2D eigenvalue weighted by atomic mass is 9.96. The van der Waals surface area contributed by atoms with Crippen LogP contribution in [0.15, 0.2) is 47.3 Å². The summed E-state index contributed by atoms with van der Waals surface area (Å²) >= 11 is 0. The van der Waals surface area contributed by atoms with Gasteiger partial charge in [0.15, 0.2) is 5.82 Å². The zero-order chi connectivity index (χ0) is 22.9. The molecule has 170 valence electrons. The van der Waals surface area contributed by atoms with Gasteiger partial charge in [-0.3, -0.25) is 4.79 Å². The van der Waals surface area contributed by atoms with Crippen LogP contribution in [0.25, 0.3) is 10.9 Å². The highest BCUT2D eigenvalue weighted by Crippen LogP contribution is 2.36. The molecule has 0 radical (unpaired) electrons. The quantitative estimate of drug-likeness (QED) is 0.491. The number of nitrogens with zero attached hydrogens (tertiary/aromatic N) is 5. The molecule has 1 aliphatic rings. The fraction of sp³-hybridized carbons (Fsp3) is 0.360. The summed E-state index contributed by atoms with van der Waals surface area (Å²) in [4.78, 5) is 18.9. The molecule has 2 aromatic heterocycles. The lowest BCUT2D eigenvalue weighted by molar-refractivity contribution is 0.181. The number of ether oxygens (including phenoxy) is 1. The molecule has 0 saturated heterocycles. The smallest absolute Gasteiger partial charge is 0.254 e. The minimum atomic E-state index is -0.424. The van der Waals surface area contributed by atoms with Crippen molar-refractivity contribution in [2.45, 2.75) is 39.3 Å². The second kappa shape index (κ2) is 8.78. The second-order valence-electron chi connectivity index (χ2n) is 8.68. The van der Waals surface area contributed by atoms with Gasteiger partial charge in [-0.25, -0.2) is 4.68 Å². The number of para-hydroxylation sites is 1. The van der Waals surface area contributed by atoms with Crippen LogP contribution in [-0.4, -0.2) is 45.5 Å². The van der Waals surface area contributed by atoms with Gasteiger partial charge in [0, 0.05) is 24.9 Å². The molecule has 8 nitrogen and oxygen atoms in total. The lowest BCUT2D eigenvalue weighted by Crippen LogP contribution is -2.38. The van der Waals surface area contributed by atoms with E-state index in [2.05, 4.69) is 62.7 Å². The number of pyridine rings is 1. The minimum Gasteiger partial charge on any atom is -0.383 e. The van der Waals surface area contributed by atoms with Gasteiger partial charge in [0.1, 0.15) is 6.04 Å². The molecule has 0 unspecified atom stereocenters. The van der Waals surface area contributed by atoms with E-state index in [-0.39, 0.29) is 5.56 Å². The number of anilines is 1. The highest BCUT2D eigenvalue weighted by atomic mass is 16.5. The zero-order valence-electron chi connectivity index (χ0n) is 19.2. The largest absolute Gasteiger partial charge is 0.383 e. The summed E-state index contributed by atoms with van der Waals surface area (Å²) in [5, 5.41) is 13.6. The molecule has 8 heteroatoms. The van der Waals surface area contributed by atoms with Crippen LogP contribution in [0.5, 0.6) is 0 Å². The van der Waals surface area contributed by atoms with Crippen molar-refractivity contribution in [3.05, 3.63) is 80.9 Å². The van der Waals surface area contributed by atoms with Crippen LogP contribution >= 0.6 is 0 Å². The van der Waals surface area contributed by atoms with E-state index in [9.17, 15) is 4.79 Å². The Labute approximate surface area is 192 Å². The van der Waals surface area contributed by atoms with Crippen molar-refractivity contribution < 1.29 is 4.74 Å². The number of aryl methyl sites for hydroxylation is 3. The van der Waals surface area contributed by atoms with Crippen LogP contribution in [0, 0.1) is 13.8 Å². The Kier molecular flexibility index (Phi) is 5.68. The van der Waals surface area contributed by atoms with Crippen molar-refractivity contribution in [1.82, 2.24) is 25.2 Å². The van der Waals surface area contributed by atoms with Crippen molar-refractivity contribution in [2.75, 3.05) is 25.2 Å². The van der Waals surface area contributed by atoms with E-state index in [0.717, 1.165) is 47.1 Å². The standard InChI is InChI=1S/C25H28N6O2/c1-16-13-17(2)22-19(14-16)15-20(25(32)26-22)23(24-27-28-29-31(24)11-12-33-3)30-10-6-8-18-7-4-5-9-21(18)30/h4-5,7,9,13-15,23H,6,8,10-12H2,1-3H3,(H,26,32)/t23-/m0/s1. The maximum absolute atomic E-state index is 13.5.